The van der Waals surface area contributed by atoms with Crippen LogP contribution >= 0.6 is 24.0 Å². The Morgan fingerprint density at radius 1 is 1.17 bits per heavy atom. The smallest absolute Gasteiger partial charge is 0.251 e. The molecule has 8 heteroatoms. The second-order valence-electron chi connectivity index (χ2n) is 7.55. The normalized spacial score (nSPS) is 18.5. The summed E-state index contributed by atoms with van der Waals surface area (Å²) in [6.45, 7) is 2.05. The Kier molecular flexibility index (Phi) is 8.11. The predicted molar refractivity (Wildman–Crippen MR) is 119 cm³/mol. The van der Waals surface area contributed by atoms with E-state index in [2.05, 4.69) is 26.6 Å². The first-order chi connectivity index (χ1) is 13.3. The summed E-state index contributed by atoms with van der Waals surface area (Å²) in [7, 11) is 4.04. The van der Waals surface area contributed by atoms with Gasteiger partial charge in [0.15, 0.2) is 0 Å². The Balaban J connectivity index is 0.00000300. The summed E-state index contributed by atoms with van der Waals surface area (Å²) in [4.78, 5) is 18.9. The average Bonchev–Trinajstić information content (AvgIpc) is 2.66. The molecule has 0 bridgehead atoms. The van der Waals surface area contributed by atoms with E-state index in [9.17, 15) is 9.18 Å². The fourth-order valence-corrected chi connectivity index (χ4v) is 3.75. The fraction of sp³-hybridized carbons (Fsp3) is 0.429. The SMILES string of the molecule is Cc1cnc(N[C@H]2CC[C@@H](NC(=O)c3ccc(F)c(Cl)c3)CC2)cc1N(C)C.Cl. The van der Waals surface area contributed by atoms with Crippen LogP contribution in [0.2, 0.25) is 5.02 Å². The van der Waals surface area contributed by atoms with Gasteiger partial charge in [0.05, 0.1) is 5.02 Å². The molecule has 0 atom stereocenters. The zero-order valence-corrected chi connectivity index (χ0v) is 18.4. The highest BCUT2D eigenvalue weighted by Gasteiger charge is 2.23. The van der Waals surface area contributed by atoms with Crippen LogP contribution in [0.15, 0.2) is 30.5 Å². The molecule has 0 radical (unpaired) electrons. The van der Waals surface area contributed by atoms with Gasteiger partial charge in [0, 0.05) is 49.7 Å². The van der Waals surface area contributed by atoms with E-state index >= 15 is 0 Å². The highest BCUT2D eigenvalue weighted by molar-refractivity contribution is 6.31. The van der Waals surface area contributed by atoms with Gasteiger partial charge in [-0.1, -0.05) is 11.6 Å². The molecule has 1 saturated carbocycles. The molecule has 1 aliphatic carbocycles. The van der Waals surface area contributed by atoms with Gasteiger partial charge in [-0.15, -0.1) is 12.4 Å². The van der Waals surface area contributed by atoms with Crippen molar-refractivity contribution in [2.45, 2.75) is 44.7 Å². The number of nitrogens with zero attached hydrogens (tertiary/aromatic N) is 2. The molecule has 0 saturated heterocycles. The van der Waals surface area contributed by atoms with Crippen LogP contribution in [0.4, 0.5) is 15.9 Å². The van der Waals surface area contributed by atoms with Crippen LogP contribution in [0.1, 0.15) is 41.6 Å². The monoisotopic (exact) mass is 440 g/mol. The van der Waals surface area contributed by atoms with Crippen molar-refractivity contribution in [3.63, 3.8) is 0 Å². The minimum atomic E-state index is -0.521. The molecule has 29 heavy (non-hydrogen) atoms. The molecule has 2 N–H and O–H groups in total. The van der Waals surface area contributed by atoms with Gasteiger partial charge in [-0.2, -0.15) is 0 Å². The first kappa shape index (κ1) is 23.2. The average molecular weight is 441 g/mol. The number of halogens is 3. The predicted octanol–water partition coefficient (Wildman–Crippen LogP) is 4.82. The first-order valence-electron chi connectivity index (χ1n) is 9.50. The molecule has 0 aliphatic heterocycles. The van der Waals surface area contributed by atoms with E-state index in [1.54, 1.807) is 0 Å². The third-order valence-electron chi connectivity index (χ3n) is 5.15. The number of pyridine rings is 1. The standard InChI is InChI=1S/C21H26ClFN4O.ClH/c1-13-12-24-20(11-19(13)27(2)3)25-15-5-7-16(8-6-15)26-21(28)14-4-9-18(23)17(22)10-14;/h4,9-12,15-16H,5-8H2,1-3H3,(H,24,25)(H,26,28);1H/t15-,16+;. The molecule has 1 aromatic heterocycles. The summed E-state index contributed by atoms with van der Waals surface area (Å²) >= 11 is 5.76. The molecule has 1 aliphatic rings. The van der Waals surface area contributed by atoms with Crippen LogP contribution in [-0.4, -0.2) is 37.1 Å². The fourth-order valence-electron chi connectivity index (χ4n) is 3.57. The van der Waals surface area contributed by atoms with Crippen molar-refractivity contribution >= 4 is 41.4 Å². The van der Waals surface area contributed by atoms with E-state index < -0.39 is 5.82 Å². The minimum absolute atomic E-state index is 0. The largest absolute Gasteiger partial charge is 0.377 e. The third-order valence-corrected chi connectivity index (χ3v) is 5.44. The molecule has 2 aromatic rings. The van der Waals surface area contributed by atoms with E-state index in [0.717, 1.165) is 42.8 Å². The molecule has 1 aromatic carbocycles. The second kappa shape index (κ2) is 10.1. The Labute approximate surface area is 182 Å². The maximum absolute atomic E-state index is 13.3. The summed E-state index contributed by atoms with van der Waals surface area (Å²) in [5.74, 6) is 0.142. The lowest BCUT2D eigenvalue weighted by Gasteiger charge is -2.30. The van der Waals surface area contributed by atoms with Crippen molar-refractivity contribution in [1.29, 1.82) is 0 Å². The van der Waals surface area contributed by atoms with E-state index in [4.69, 9.17) is 11.6 Å². The van der Waals surface area contributed by atoms with Crippen molar-refractivity contribution in [3.05, 3.63) is 52.4 Å². The number of hydrogen-bond acceptors (Lipinski definition) is 4. The van der Waals surface area contributed by atoms with Crippen molar-refractivity contribution in [3.8, 4) is 0 Å². The molecule has 1 heterocycles. The van der Waals surface area contributed by atoms with Gasteiger partial charge >= 0.3 is 0 Å². The van der Waals surface area contributed by atoms with E-state index in [0.29, 0.717) is 11.6 Å². The lowest BCUT2D eigenvalue weighted by molar-refractivity contribution is 0.0926. The molecule has 5 nitrogen and oxygen atoms in total. The molecule has 1 fully saturated rings. The minimum Gasteiger partial charge on any atom is -0.377 e. The number of aryl methyl sites for hydroxylation is 1. The lowest BCUT2D eigenvalue weighted by atomic mass is 9.91. The number of carbonyl (C=O) groups excluding carboxylic acids is 1. The number of rotatable bonds is 5. The maximum atomic E-state index is 13.3. The quantitative estimate of drug-likeness (QED) is 0.699. The molecule has 0 unspecified atom stereocenters. The van der Waals surface area contributed by atoms with Gasteiger partial charge < -0.3 is 15.5 Å². The summed E-state index contributed by atoms with van der Waals surface area (Å²) in [5.41, 5.74) is 2.67. The summed E-state index contributed by atoms with van der Waals surface area (Å²) in [5, 5.41) is 6.50. The van der Waals surface area contributed by atoms with Gasteiger partial charge in [0.2, 0.25) is 0 Å². The molecule has 158 valence electrons. The number of hydrogen-bond donors (Lipinski definition) is 2. The van der Waals surface area contributed by atoms with Crippen molar-refractivity contribution < 1.29 is 9.18 Å². The van der Waals surface area contributed by atoms with E-state index in [-0.39, 0.29) is 29.4 Å². The topological polar surface area (TPSA) is 57.3 Å². The van der Waals surface area contributed by atoms with Crippen LogP contribution in [-0.2, 0) is 0 Å². The molecule has 3 rings (SSSR count). The van der Waals surface area contributed by atoms with E-state index in [1.165, 1.54) is 18.2 Å². The summed E-state index contributed by atoms with van der Waals surface area (Å²) < 4.78 is 13.3. The van der Waals surface area contributed by atoms with Crippen molar-refractivity contribution in [2.75, 3.05) is 24.3 Å². The summed E-state index contributed by atoms with van der Waals surface area (Å²) in [6.07, 6.45) is 5.54. The molecule has 1 amide bonds. The van der Waals surface area contributed by atoms with Crippen LogP contribution in [0.3, 0.4) is 0 Å². The Bertz CT molecular complexity index is 855. The second-order valence-corrected chi connectivity index (χ2v) is 7.95. The number of aromatic nitrogens is 1. The zero-order chi connectivity index (χ0) is 20.3. The maximum Gasteiger partial charge on any atom is 0.251 e. The number of carbonyl (C=O) groups is 1. The van der Waals surface area contributed by atoms with Crippen LogP contribution in [0, 0.1) is 12.7 Å². The molecular formula is C21H27Cl2FN4O. The third kappa shape index (κ3) is 5.97. The lowest BCUT2D eigenvalue weighted by Crippen LogP contribution is -2.40. The number of benzene rings is 1. The highest BCUT2D eigenvalue weighted by Crippen LogP contribution is 2.25. The van der Waals surface area contributed by atoms with Gasteiger partial charge in [0.1, 0.15) is 11.6 Å². The van der Waals surface area contributed by atoms with Crippen molar-refractivity contribution in [2.24, 2.45) is 0 Å². The Morgan fingerprint density at radius 2 is 1.83 bits per heavy atom. The van der Waals surface area contributed by atoms with Gasteiger partial charge in [-0.25, -0.2) is 9.37 Å². The van der Waals surface area contributed by atoms with Gasteiger partial charge in [-0.05, 0) is 56.4 Å². The van der Waals surface area contributed by atoms with Gasteiger partial charge in [-0.3, -0.25) is 4.79 Å². The van der Waals surface area contributed by atoms with E-state index in [1.807, 2.05) is 27.2 Å². The zero-order valence-electron chi connectivity index (χ0n) is 16.8. The number of amides is 1. The van der Waals surface area contributed by atoms with Crippen LogP contribution in [0.25, 0.3) is 0 Å². The highest BCUT2D eigenvalue weighted by atomic mass is 35.5. The van der Waals surface area contributed by atoms with Crippen LogP contribution in [0.5, 0.6) is 0 Å². The van der Waals surface area contributed by atoms with Crippen molar-refractivity contribution in [1.82, 2.24) is 10.3 Å². The Morgan fingerprint density at radius 3 is 2.45 bits per heavy atom. The number of nitrogens with one attached hydrogen (secondary N) is 2. The number of anilines is 2. The molecule has 0 spiro atoms. The van der Waals surface area contributed by atoms with Crippen LogP contribution < -0.4 is 15.5 Å². The summed E-state index contributed by atoms with van der Waals surface area (Å²) in [6, 6.07) is 6.55. The first-order valence-corrected chi connectivity index (χ1v) is 9.87. The molecular weight excluding hydrogens is 414 g/mol. The van der Waals surface area contributed by atoms with Gasteiger partial charge in [0.25, 0.3) is 5.91 Å². The Hall–Kier alpha value is -2.05.